The number of methoxy groups -OCH3 is 2. The molecule has 2 aromatic rings. The third kappa shape index (κ3) is 4.16. The maximum absolute atomic E-state index is 13.4. The van der Waals surface area contributed by atoms with E-state index in [9.17, 15) is 19.1 Å². The molecule has 0 aromatic heterocycles. The molecular weight excluding hydrogens is 369 g/mol. The third-order valence-electron chi connectivity index (χ3n) is 4.49. The standard InChI is InChI=1S/C20H20FNO6/c1-26-16-5-3-11(8-17(16)27-2)14(10-19(23)24)22-20(25)18-9-12-7-13(21)4-6-15(12)28-18/h3-8,14,18H,9-10H2,1-2H3,(H,22,25)(H,23,24). The number of hydrogen-bond acceptors (Lipinski definition) is 5. The zero-order chi connectivity index (χ0) is 20.3. The van der Waals surface area contributed by atoms with Crippen molar-refractivity contribution >= 4 is 11.9 Å². The van der Waals surface area contributed by atoms with E-state index in [-0.39, 0.29) is 12.8 Å². The van der Waals surface area contributed by atoms with Gasteiger partial charge in [0.2, 0.25) is 0 Å². The first-order valence-electron chi connectivity index (χ1n) is 8.60. The van der Waals surface area contributed by atoms with Crippen LogP contribution in [0.3, 0.4) is 0 Å². The Labute approximate surface area is 161 Å². The molecule has 148 valence electrons. The molecule has 1 aliphatic rings. The van der Waals surface area contributed by atoms with Crippen LogP contribution in [-0.2, 0) is 16.0 Å². The van der Waals surface area contributed by atoms with Crippen LogP contribution in [0.15, 0.2) is 36.4 Å². The van der Waals surface area contributed by atoms with Crippen LogP contribution < -0.4 is 19.5 Å². The molecule has 28 heavy (non-hydrogen) atoms. The molecule has 0 spiro atoms. The summed E-state index contributed by atoms with van der Waals surface area (Å²) in [4.78, 5) is 24.0. The fourth-order valence-electron chi connectivity index (χ4n) is 3.12. The van der Waals surface area contributed by atoms with Crippen molar-refractivity contribution in [1.82, 2.24) is 5.32 Å². The highest BCUT2D eigenvalue weighted by Crippen LogP contribution is 2.32. The zero-order valence-corrected chi connectivity index (χ0v) is 15.4. The first kappa shape index (κ1) is 19.5. The monoisotopic (exact) mass is 389 g/mol. The van der Waals surface area contributed by atoms with Gasteiger partial charge in [-0.1, -0.05) is 6.07 Å². The van der Waals surface area contributed by atoms with Crippen LogP contribution in [0, 0.1) is 5.82 Å². The number of aliphatic carboxylic acids is 1. The summed E-state index contributed by atoms with van der Waals surface area (Å²) in [6.07, 6.45) is -0.964. The van der Waals surface area contributed by atoms with Crippen LogP contribution in [0.4, 0.5) is 4.39 Å². The lowest BCUT2D eigenvalue weighted by Gasteiger charge is -2.21. The van der Waals surface area contributed by atoms with Crippen LogP contribution in [-0.4, -0.2) is 37.3 Å². The molecule has 2 N–H and O–H groups in total. The van der Waals surface area contributed by atoms with E-state index < -0.39 is 29.8 Å². The number of halogens is 1. The van der Waals surface area contributed by atoms with Crippen LogP contribution in [0.2, 0.25) is 0 Å². The van der Waals surface area contributed by atoms with Crippen molar-refractivity contribution in [3.8, 4) is 17.2 Å². The van der Waals surface area contributed by atoms with Crippen LogP contribution in [0.5, 0.6) is 17.2 Å². The molecule has 8 heteroatoms. The van der Waals surface area contributed by atoms with Gasteiger partial charge in [-0.15, -0.1) is 0 Å². The van der Waals surface area contributed by atoms with E-state index in [2.05, 4.69) is 5.32 Å². The average Bonchev–Trinajstić information content (AvgIpc) is 3.09. The highest BCUT2D eigenvalue weighted by atomic mass is 19.1. The number of benzene rings is 2. The molecule has 2 unspecified atom stereocenters. The summed E-state index contributed by atoms with van der Waals surface area (Å²) in [5.74, 6) is -0.594. The van der Waals surface area contributed by atoms with E-state index in [1.54, 1.807) is 18.2 Å². The smallest absolute Gasteiger partial charge is 0.305 e. The lowest BCUT2D eigenvalue weighted by Crippen LogP contribution is -2.40. The molecule has 7 nitrogen and oxygen atoms in total. The summed E-state index contributed by atoms with van der Waals surface area (Å²) in [5.41, 5.74) is 1.15. The van der Waals surface area contributed by atoms with Gasteiger partial charge < -0.3 is 24.6 Å². The largest absolute Gasteiger partial charge is 0.493 e. The van der Waals surface area contributed by atoms with E-state index in [1.165, 1.54) is 32.4 Å². The van der Waals surface area contributed by atoms with Crippen molar-refractivity contribution in [1.29, 1.82) is 0 Å². The summed E-state index contributed by atoms with van der Waals surface area (Å²) >= 11 is 0. The molecule has 0 radical (unpaired) electrons. The van der Waals surface area contributed by atoms with Gasteiger partial charge in [-0.3, -0.25) is 9.59 Å². The van der Waals surface area contributed by atoms with E-state index >= 15 is 0 Å². The summed E-state index contributed by atoms with van der Waals surface area (Å²) in [6, 6.07) is 8.18. The molecule has 1 aliphatic heterocycles. The van der Waals surface area contributed by atoms with Gasteiger partial charge in [0.15, 0.2) is 17.6 Å². The summed E-state index contributed by atoms with van der Waals surface area (Å²) in [7, 11) is 2.96. The Morgan fingerprint density at radius 1 is 1.21 bits per heavy atom. The van der Waals surface area contributed by atoms with Gasteiger partial charge in [0.25, 0.3) is 5.91 Å². The number of nitrogens with one attached hydrogen (secondary N) is 1. The fraction of sp³-hybridized carbons (Fsp3) is 0.300. The lowest BCUT2D eigenvalue weighted by atomic mass is 10.0. The Morgan fingerprint density at radius 2 is 1.96 bits per heavy atom. The Hall–Kier alpha value is -3.29. The predicted molar refractivity (Wildman–Crippen MR) is 97.2 cm³/mol. The summed E-state index contributed by atoms with van der Waals surface area (Å²) < 4.78 is 29.4. The van der Waals surface area contributed by atoms with Gasteiger partial charge >= 0.3 is 5.97 Å². The number of ether oxygens (including phenoxy) is 3. The second kappa shape index (κ2) is 8.16. The highest BCUT2D eigenvalue weighted by Gasteiger charge is 2.31. The Balaban J connectivity index is 1.78. The molecule has 0 saturated heterocycles. The van der Waals surface area contributed by atoms with Crippen molar-refractivity contribution in [2.75, 3.05) is 14.2 Å². The van der Waals surface area contributed by atoms with Crippen molar-refractivity contribution in [3.63, 3.8) is 0 Å². The van der Waals surface area contributed by atoms with Crippen molar-refractivity contribution in [3.05, 3.63) is 53.3 Å². The molecule has 0 saturated carbocycles. The number of carbonyl (C=O) groups excluding carboxylic acids is 1. The van der Waals surface area contributed by atoms with E-state index in [0.29, 0.717) is 28.4 Å². The van der Waals surface area contributed by atoms with Gasteiger partial charge in [0, 0.05) is 12.0 Å². The second-order valence-corrected chi connectivity index (χ2v) is 6.34. The lowest BCUT2D eigenvalue weighted by molar-refractivity contribution is -0.138. The molecule has 2 atom stereocenters. The van der Waals surface area contributed by atoms with Gasteiger partial charge in [-0.05, 0) is 35.9 Å². The second-order valence-electron chi connectivity index (χ2n) is 6.34. The number of fused-ring (bicyclic) bond motifs is 1. The van der Waals surface area contributed by atoms with E-state index in [1.807, 2.05) is 0 Å². The number of carbonyl (C=O) groups is 2. The van der Waals surface area contributed by atoms with Crippen molar-refractivity contribution in [2.24, 2.45) is 0 Å². The summed E-state index contributed by atoms with van der Waals surface area (Å²) in [5, 5.41) is 12.0. The first-order valence-corrected chi connectivity index (χ1v) is 8.60. The molecule has 0 bridgehead atoms. The minimum atomic E-state index is -1.07. The van der Waals surface area contributed by atoms with Gasteiger partial charge in [0.1, 0.15) is 11.6 Å². The molecular formula is C20H20FNO6. The highest BCUT2D eigenvalue weighted by molar-refractivity contribution is 5.83. The SMILES string of the molecule is COc1ccc(C(CC(=O)O)NC(=O)C2Cc3cc(F)ccc3O2)cc1OC. The first-order chi connectivity index (χ1) is 13.4. The molecule has 0 aliphatic carbocycles. The van der Waals surface area contributed by atoms with E-state index in [4.69, 9.17) is 14.2 Å². The number of hydrogen-bond donors (Lipinski definition) is 2. The van der Waals surface area contributed by atoms with Crippen LogP contribution in [0.25, 0.3) is 0 Å². The minimum absolute atomic E-state index is 0.213. The van der Waals surface area contributed by atoms with E-state index in [0.717, 1.165) is 0 Å². The number of amides is 1. The Kier molecular flexibility index (Phi) is 5.67. The molecule has 1 amide bonds. The summed E-state index contributed by atoms with van der Waals surface area (Å²) in [6.45, 7) is 0. The van der Waals surface area contributed by atoms with Gasteiger partial charge in [-0.25, -0.2) is 4.39 Å². The quantitative estimate of drug-likeness (QED) is 0.756. The molecule has 1 heterocycles. The normalized spacial score (nSPS) is 15.9. The van der Waals surface area contributed by atoms with Crippen molar-refractivity contribution in [2.45, 2.75) is 25.0 Å². The topological polar surface area (TPSA) is 94.1 Å². The Bertz CT molecular complexity index is 900. The van der Waals surface area contributed by atoms with Crippen molar-refractivity contribution < 1.29 is 33.3 Å². The molecule has 0 fully saturated rings. The zero-order valence-electron chi connectivity index (χ0n) is 15.4. The molecule has 3 rings (SSSR count). The van der Waals surface area contributed by atoms with Gasteiger partial charge in [0.05, 0.1) is 26.7 Å². The van der Waals surface area contributed by atoms with Crippen LogP contribution >= 0.6 is 0 Å². The van der Waals surface area contributed by atoms with Crippen LogP contribution in [0.1, 0.15) is 23.6 Å². The maximum Gasteiger partial charge on any atom is 0.305 e. The average molecular weight is 389 g/mol. The van der Waals surface area contributed by atoms with Gasteiger partial charge in [-0.2, -0.15) is 0 Å². The fourth-order valence-corrected chi connectivity index (χ4v) is 3.12. The number of carboxylic acids is 1. The number of rotatable bonds is 7. The Morgan fingerprint density at radius 3 is 2.64 bits per heavy atom. The predicted octanol–water partition coefficient (Wildman–Crippen LogP) is 2.48. The third-order valence-corrected chi connectivity index (χ3v) is 4.49. The maximum atomic E-state index is 13.4. The number of carboxylic acid groups (broad SMARTS) is 1. The molecule has 2 aromatic carbocycles. The minimum Gasteiger partial charge on any atom is -0.493 e.